The van der Waals surface area contributed by atoms with Crippen LogP contribution in [-0.4, -0.2) is 150 Å². The second kappa shape index (κ2) is 31.8. The van der Waals surface area contributed by atoms with Gasteiger partial charge in [0.15, 0.2) is 11.9 Å². The topological polar surface area (TPSA) is 470 Å². The Labute approximate surface area is 449 Å². The summed E-state index contributed by atoms with van der Waals surface area (Å²) < 4.78 is 0. The third-order valence-corrected chi connectivity index (χ3v) is 12.4. The molecule has 0 bridgehead atoms. The van der Waals surface area contributed by atoms with Gasteiger partial charge in [0, 0.05) is 69.5 Å². The number of aromatic amines is 1. The van der Waals surface area contributed by atoms with E-state index in [4.69, 9.17) is 28.7 Å². The zero-order chi connectivity index (χ0) is 57.1. The average molecular weight is 1090 g/mol. The molecular weight excluding hydrogens is 1010 g/mol. The van der Waals surface area contributed by atoms with Crippen molar-refractivity contribution in [2.45, 2.75) is 126 Å². The van der Waals surface area contributed by atoms with Gasteiger partial charge in [-0.1, -0.05) is 48.5 Å². The van der Waals surface area contributed by atoms with Crippen molar-refractivity contribution in [3.63, 3.8) is 0 Å². The van der Waals surface area contributed by atoms with E-state index in [2.05, 4.69) is 62.8 Å². The number of carboxylic acids is 1. The number of benzene rings is 2. The van der Waals surface area contributed by atoms with Gasteiger partial charge in [0.25, 0.3) is 0 Å². The lowest BCUT2D eigenvalue weighted by molar-refractivity contribution is -0.142. The number of aliphatic carboxylic acids is 1. The van der Waals surface area contributed by atoms with Crippen LogP contribution in [-0.2, 0) is 56.0 Å². The first-order chi connectivity index (χ1) is 37.2. The monoisotopic (exact) mass is 1090 g/mol. The van der Waals surface area contributed by atoms with Crippen molar-refractivity contribution < 1.29 is 53.1 Å². The minimum atomic E-state index is -1.54. The van der Waals surface area contributed by atoms with Crippen molar-refractivity contribution in [1.82, 2.24) is 52.8 Å². The van der Waals surface area contributed by atoms with Crippen LogP contribution in [0.15, 0.2) is 70.8 Å². The molecule has 2 heterocycles. The minimum absolute atomic E-state index is 0.0150. The van der Waals surface area contributed by atoms with Crippen LogP contribution >= 0.6 is 0 Å². The average Bonchev–Trinajstić information content (AvgIpc) is 3.80. The number of aliphatic imine (C=N–C) groups is 2. The van der Waals surface area contributed by atoms with Gasteiger partial charge < -0.3 is 86.6 Å². The van der Waals surface area contributed by atoms with Gasteiger partial charge in [-0.15, -0.1) is 0 Å². The summed E-state index contributed by atoms with van der Waals surface area (Å²) in [6, 6.07) is 4.80. The number of aromatic nitrogens is 1. The molecule has 1 aliphatic heterocycles. The van der Waals surface area contributed by atoms with Gasteiger partial charge in [0.1, 0.15) is 42.3 Å². The maximum absolute atomic E-state index is 14.7. The van der Waals surface area contributed by atoms with Crippen LogP contribution < -0.4 is 76.5 Å². The molecule has 1 saturated heterocycles. The van der Waals surface area contributed by atoms with Crippen molar-refractivity contribution in [1.29, 1.82) is 0 Å². The van der Waals surface area contributed by atoms with Crippen LogP contribution in [0.1, 0.15) is 82.3 Å². The highest BCUT2D eigenvalue weighted by molar-refractivity contribution is 5.98. The normalized spacial score (nSPS) is 20.6. The molecule has 1 aromatic heterocycles. The summed E-state index contributed by atoms with van der Waals surface area (Å²) in [5.41, 5.74) is 29.2. The molecule has 28 heteroatoms. The number of carboxylic acid groups (broad SMARTS) is 1. The predicted octanol–water partition coefficient (Wildman–Crippen LogP) is -3.30. The molecule has 28 nitrogen and oxygen atoms in total. The van der Waals surface area contributed by atoms with Crippen LogP contribution in [0.25, 0.3) is 10.9 Å². The molecule has 0 spiro atoms. The first kappa shape index (κ1) is 61.6. The quantitative estimate of drug-likeness (QED) is 0.0299. The Morgan fingerprint density at radius 3 is 1.91 bits per heavy atom. The van der Waals surface area contributed by atoms with Crippen molar-refractivity contribution >= 4 is 82.1 Å². The number of fused-ring (bicyclic) bond motifs is 1. The molecule has 78 heavy (non-hydrogen) atoms. The van der Waals surface area contributed by atoms with Crippen LogP contribution in [0.3, 0.4) is 0 Å². The van der Waals surface area contributed by atoms with Crippen molar-refractivity contribution in [2.75, 3.05) is 26.2 Å². The maximum atomic E-state index is 14.7. The molecule has 0 aliphatic carbocycles. The number of amides is 10. The van der Waals surface area contributed by atoms with Gasteiger partial charge in [0.2, 0.25) is 47.3 Å². The number of hydrogen-bond acceptors (Lipinski definition) is 12. The van der Waals surface area contributed by atoms with E-state index < -0.39 is 108 Å². The molecule has 3 aromatic rings. The molecular formula is C50H73N17O11. The molecule has 7 atom stereocenters. The first-order valence-electron chi connectivity index (χ1n) is 25.5. The fourth-order valence-corrected chi connectivity index (χ4v) is 8.42. The number of nitrogens with two attached hydrogens (primary N) is 5. The highest BCUT2D eigenvalue weighted by Gasteiger charge is 2.35. The van der Waals surface area contributed by atoms with E-state index in [1.165, 1.54) is 6.92 Å². The number of urea groups is 1. The Balaban J connectivity index is 1.80. The first-order valence-corrected chi connectivity index (χ1v) is 25.5. The Morgan fingerprint density at radius 2 is 1.27 bits per heavy atom. The van der Waals surface area contributed by atoms with Crippen LogP contribution in [0, 0.1) is 0 Å². The largest absolute Gasteiger partial charge is 0.480 e. The number of H-pyrrole nitrogens is 1. The van der Waals surface area contributed by atoms with E-state index >= 15 is 0 Å². The highest BCUT2D eigenvalue weighted by atomic mass is 16.4. The summed E-state index contributed by atoms with van der Waals surface area (Å²) in [4.78, 5) is 147. The maximum Gasteiger partial charge on any atom is 0.326 e. The number of carbonyl (C=O) groups excluding carboxylic acids is 9. The van der Waals surface area contributed by atoms with E-state index in [0.29, 0.717) is 11.1 Å². The zero-order valence-electron chi connectivity index (χ0n) is 43.4. The number of hydrogen-bond donors (Lipinski definition) is 16. The summed E-state index contributed by atoms with van der Waals surface area (Å²) in [5, 5.41) is 34.4. The lowest BCUT2D eigenvalue weighted by Crippen LogP contribution is -2.60. The summed E-state index contributed by atoms with van der Waals surface area (Å²) >= 11 is 0. The van der Waals surface area contributed by atoms with Crippen molar-refractivity contribution in [2.24, 2.45) is 38.7 Å². The van der Waals surface area contributed by atoms with E-state index in [1.54, 1.807) is 54.7 Å². The Kier molecular flexibility index (Phi) is 25.1. The second-order valence-electron chi connectivity index (χ2n) is 18.6. The molecule has 0 radical (unpaired) electrons. The van der Waals surface area contributed by atoms with Gasteiger partial charge in [-0.3, -0.25) is 48.3 Å². The summed E-state index contributed by atoms with van der Waals surface area (Å²) in [5.74, 6) is -8.35. The number of nitrogens with one attached hydrogen (secondary N) is 10. The molecule has 21 N–H and O–H groups in total. The number of guanidine groups is 2. The lowest BCUT2D eigenvalue weighted by atomic mass is 10.0. The number of primary amides is 1. The zero-order valence-corrected chi connectivity index (χ0v) is 43.4. The molecule has 0 saturated carbocycles. The molecule has 1 unspecified atom stereocenters. The van der Waals surface area contributed by atoms with Gasteiger partial charge >= 0.3 is 12.0 Å². The molecule has 1 aliphatic rings. The van der Waals surface area contributed by atoms with E-state index in [-0.39, 0.29) is 109 Å². The number of para-hydroxylation sites is 1. The molecule has 424 valence electrons. The number of nitrogens with zero attached hydrogens (tertiary/aromatic N) is 2. The van der Waals surface area contributed by atoms with E-state index in [1.807, 2.05) is 6.07 Å². The van der Waals surface area contributed by atoms with E-state index in [0.717, 1.165) is 10.9 Å². The molecule has 10 amide bonds. The molecule has 2 aromatic carbocycles. The van der Waals surface area contributed by atoms with Gasteiger partial charge in [0.05, 0.1) is 0 Å². The van der Waals surface area contributed by atoms with Gasteiger partial charge in [-0.25, -0.2) is 9.59 Å². The number of rotatable bonds is 20. The third kappa shape index (κ3) is 21.7. The standard InChI is InChI=1S/C50H73N17O11/c1-28(68)61-33(15-7-22-57-48(51)52)41(70)64-36-19-20-40(69)56-21-10-18-37(47(76)77)65-46(75)39(26-30-27-60-32-14-6-5-13-31(30)32)67-43(72)35(16-8-23-58-49(53)54)63-45(74)38(25-29-11-3-2-4-12-29)66-42(71)34(62-44(36)73)17-9-24-59-50(55)78/h2-6,11-14,27,33-39,60H,7-10,15-26H2,1H3,(H,56,69)(H,61,68)(H,62,73)(H,63,74)(H,64,70)(H,65,75)(H,66,71)(H,67,72)(H,76,77)(H4,51,52,57)(H4,53,54,58)(H3,55,59,78)/t33-,34-,35?,36-,37-,38+,39-/m0/s1. The Bertz CT molecular complexity index is 2620. The second-order valence-corrected chi connectivity index (χ2v) is 18.6. The van der Waals surface area contributed by atoms with Gasteiger partial charge in [-0.2, -0.15) is 0 Å². The molecule has 4 rings (SSSR count). The van der Waals surface area contributed by atoms with Crippen molar-refractivity contribution in [3.8, 4) is 0 Å². The SMILES string of the molecule is CC(=O)N[C@@H](CCCN=C(N)N)C(=O)N[C@H]1CCC(=O)NCCC[C@@H](C(=O)O)NC(=O)[C@H](Cc2c[nH]c3ccccc23)NC(=O)C(CCCN=C(N)N)NC(=O)[C@@H](Cc2ccccc2)NC(=O)[C@H](CCCNC(N)=O)NC1=O. The molecule has 1 fully saturated rings. The van der Waals surface area contributed by atoms with Gasteiger partial charge in [-0.05, 0) is 75.0 Å². The summed E-state index contributed by atoms with van der Waals surface area (Å²) in [6.07, 6.45) is 0.555. The minimum Gasteiger partial charge on any atom is -0.480 e. The number of carbonyl (C=O) groups is 10. The van der Waals surface area contributed by atoms with Crippen LogP contribution in [0.4, 0.5) is 4.79 Å². The fourth-order valence-electron chi connectivity index (χ4n) is 8.42. The predicted molar refractivity (Wildman–Crippen MR) is 287 cm³/mol. The lowest BCUT2D eigenvalue weighted by Gasteiger charge is -2.28. The van der Waals surface area contributed by atoms with Crippen LogP contribution in [0.5, 0.6) is 0 Å². The third-order valence-electron chi connectivity index (χ3n) is 12.4. The van der Waals surface area contributed by atoms with E-state index in [9.17, 15) is 53.1 Å². The smallest absolute Gasteiger partial charge is 0.326 e. The summed E-state index contributed by atoms with van der Waals surface area (Å²) in [7, 11) is 0. The Morgan fingerprint density at radius 1 is 0.692 bits per heavy atom. The van der Waals surface area contributed by atoms with Crippen LogP contribution in [0.2, 0.25) is 0 Å². The fraction of sp³-hybridized carbons (Fsp3) is 0.480. The summed E-state index contributed by atoms with van der Waals surface area (Å²) in [6.45, 7) is 1.15. The Hall–Kier alpha value is -8.98. The highest BCUT2D eigenvalue weighted by Crippen LogP contribution is 2.20. The van der Waals surface area contributed by atoms with Crippen molar-refractivity contribution in [3.05, 3.63) is 71.9 Å².